The van der Waals surface area contributed by atoms with Crippen LogP contribution in [-0.2, 0) is 20.8 Å². The van der Waals surface area contributed by atoms with Crippen molar-refractivity contribution in [1.29, 1.82) is 0 Å². The van der Waals surface area contributed by atoms with Gasteiger partial charge in [0.05, 0.1) is 12.5 Å². The van der Waals surface area contributed by atoms with Gasteiger partial charge in [-0.1, -0.05) is 48.4 Å². The Kier molecular flexibility index (Phi) is 4.76. The van der Waals surface area contributed by atoms with Crippen LogP contribution in [0, 0.1) is 0 Å². The molecule has 23 heavy (non-hydrogen) atoms. The van der Waals surface area contributed by atoms with Crippen LogP contribution in [0.3, 0.4) is 0 Å². The van der Waals surface area contributed by atoms with Crippen molar-refractivity contribution in [2.45, 2.75) is 50.6 Å². The molecule has 1 aromatic rings. The van der Waals surface area contributed by atoms with E-state index in [2.05, 4.69) is 0 Å². The highest BCUT2D eigenvalue weighted by Crippen LogP contribution is 2.34. The lowest BCUT2D eigenvalue weighted by molar-refractivity contribution is -0.218. The third-order valence-corrected chi connectivity index (χ3v) is 4.52. The fourth-order valence-electron chi connectivity index (χ4n) is 3.38. The lowest BCUT2D eigenvalue weighted by atomic mass is 9.85. The van der Waals surface area contributed by atoms with Crippen molar-refractivity contribution in [1.82, 2.24) is 5.06 Å². The third kappa shape index (κ3) is 3.62. The zero-order valence-electron chi connectivity index (χ0n) is 13.0. The fourth-order valence-corrected chi connectivity index (χ4v) is 3.38. The second kappa shape index (κ2) is 6.96. The molecule has 122 valence electrons. The van der Waals surface area contributed by atoms with Gasteiger partial charge in [0.15, 0.2) is 0 Å². The van der Waals surface area contributed by atoms with Gasteiger partial charge in [0, 0.05) is 0 Å². The van der Waals surface area contributed by atoms with E-state index in [0.29, 0.717) is 6.42 Å². The summed E-state index contributed by atoms with van der Waals surface area (Å²) in [7, 11) is 0. The van der Waals surface area contributed by atoms with Crippen LogP contribution in [0.1, 0.15) is 37.7 Å². The number of carbonyl (C=O) groups excluding carboxylic acids is 1. The predicted molar refractivity (Wildman–Crippen MR) is 84.5 cm³/mol. The molecule has 0 spiro atoms. The normalized spacial score (nSPS) is 24.4. The summed E-state index contributed by atoms with van der Waals surface area (Å²) < 4.78 is 0. The van der Waals surface area contributed by atoms with Crippen molar-refractivity contribution in [2.75, 3.05) is 0 Å². The van der Waals surface area contributed by atoms with Crippen LogP contribution in [-0.4, -0.2) is 34.2 Å². The van der Waals surface area contributed by atoms with Crippen molar-refractivity contribution in [3.8, 4) is 0 Å². The van der Waals surface area contributed by atoms with E-state index >= 15 is 0 Å². The van der Waals surface area contributed by atoms with Gasteiger partial charge in [-0.2, -0.15) is 0 Å². The number of rotatable bonds is 4. The number of hydrogen-bond acceptors (Lipinski definition) is 4. The standard InChI is InChI=1S/C18H21NO4/c20-17(12-13-6-2-1-3-7-13)23-19-15-9-5-4-8-14(15)10-11-16(19)18(21)22/h1-3,6-7,10,15-16H,4-5,8-9,11-12H2,(H,21,22)/t15-,16+/m0/s1. The van der Waals surface area contributed by atoms with Gasteiger partial charge >= 0.3 is 11.9 Å². The summed E-state index contributed by atoms with van der Waals surface area (Å²) in [5.41, 5.74) is 2.07. The lowest BCUT2D eigenvalue weighted by Crippen LogP contribution is -2.52. The Balaban J connectivity index is 1.73. The molecule has 0 amide bonds. The zero-order valence-corrected chi connectivity index (χ0v) is 13.0. The molecule has 3 rings (SSSR count). The molecule has 1 aliphatic carbocycles. The average Bonchev–Trinajstić information content (AvgIpc) is 2.55. The molecule has 1 saturated carbocycles. The number of carboxylic acid groups (broad SMARTS) is 1. The van der Waals surface area contributed by atoms with Gasteiger partial charge in [0.25, 0.3) is 0 Å². The lowest BCUT2D eigenvalue weighted by Gasteiger charge is -2.40. The molecule has 1 fully saturated rings. The molecule has 2 aliphatic rings. The summed E-state index contributed by atoms with van der Waals surface area (Å²) in [4.78, 5) is 29.3. The predicted octanol–water partition coefficient (Wildman–Crippen LogP) is 2.72. The van der Waals surface area contributed by atoms with Crippen molar-refractivity contribution < 1.29 is 19.5 Å². The van der Waals surface area contributed by atoms with Gasteiger partial charge in [-0.15, -0.1) is 5.06 Å². The number of benzene rings is 1. The molecule has 2 atom stereocenters. The summed E-state index contributed by atoms with van der Waals surface area (Å²) in [5, 5.41) is 10.9. The zero-order chi connectivity index (χ0) is 16.2. The number of nitrogens with zero attached hydrogens (tertiary/aromatic N) is 1. The summed E-state index contributed by atoms with van der Waals surface area (Å²) >= 11 is 0. The molecule has 1 aromatic carbocycles. The van der Waals surface area contributed by atoms with Crippen molar-refractivity contribution in [2.24, 2.45) is 0 Å². The average molecular weight is 315 g/mol. The highest BCUT2D eigenvalue weighted by atomic mass is 16.7. The minimum atomic E-state index is -0.946. The first kappa shape index (κ1) is 15.7. The van der Waals surface area contributed by atoms with Crippen LogP contribution in [0.4, 0.5) is 0 Å². The van der Waals surface area contributed by atoms with E-state index in [0.717, 1.165) is 31.2 Å². The highest BCUT2D eigenvalue weighted by molar-refractivity contribution is 5.76. The molecular weight excluding hydrogens is 294 g/mol. The van der Waals surface area contributed by atoms with E-state index < -0.39 is 18.0 Å². The molecular formula is C18H21NO4. The molecule has 5 nitrogen and oxygen atoms in total. The number of fused-ring (bicyclic) bond motifs is 1. The maximum Gasteiger partial charge on any atom is 0.329 e. The van der Waals surface area contributed by atoms with E-state index in [1.807, 2.05) is 36.4 Å². The first-order valence-electron chi connectivity index (χ1n) is 8.10. The van der Waals surface area contributed by atoms with Gasteiger partial charge in [-0.25, -0.2) is 4.79 Å². The molecule has 1 heterocycles. The minimum Gasteiger partial charge on any atom is -0.480 e. The van der Waals surface area contributed by atoms with Crippen molar-refractivity contribution in [3.63, 3.8) is 0 Å². The first-order valence-corrected chi connectivity index (χ1v) is 8.10. The highest BCUT2D eigenvalue weighted by Gasteiger charge is 2.40. The van der Waals surface area contributed by atoms with Gasteiger partial charge in [-0.3, -0.25) is 4.79 Å². The van der Waals surface area contributed by atoms with Crippen LogP contribution in [0.15, 0.2) is 42.0 Å². The van der Waals surface area contributed by atoms with Crippen molar-refractivity contribution >= 4 is 11.9 Å². The monoisotopic (exact) mass is 315 g/mol. The molecule has 5 heteroatoms. The van der Waals surface area contributed by atoms with Crippen LogP contribution in [0.25, 0.3) is 0 Å². The van der Waals surface area contributed by atoms with Crippen LogP contribution < -0.4 is 0 Å². The summed E-state index contributed by atoms with van der Waals surface area (Å²) in [6, 6.07) is 8.46. The first-order chi connectivity index (χ1) is 11.1. The SMILES string of the molecule is O=C(Cc1ccccc1)ON1[C@@H](C(=O)O)CC=C2CCCC[C@@H]21. The summed E-state index contributed by atoms with van der Waals surface area (Å²) in [5.74, 6) is -1.35. The van der Waals surface area contributed by atoms with Crippen LogP contribution >= 0.6 is 0 Å². The van der Waals surface area contributed by atoms with Crippen molar-refractivity contribution in [3.05, 3.63) is 47.5 Å². The van der Waals surface area contributed by atoms with Crippen LogP contribution in [0.5, 0.6) is 0 Å². The summed E-state index contributed by atoms with van der Waals surface area (Å²) in [6.07, 6.45) is 6.50. The van der Waals surface area contributed by atoms with E-state index in [1.54, 1.807) is 0 Å². The molecule has 0 radical (unpaired) electrons. The summed E-state index contributed by atoms with van der Waals surface area (Å²) in [6.45, 7) is 0. The Morgan fingerprint density at radius 2 is 2.00 bits per heavy atom. The smallest absolute Gasteiger partial charge is 0.329 e. The number of carbonyl (C=O) groups is 2. The van der Waals surface area contributed by atoms with Gasteiger partial charge in [0.1, 0.15) is 6.04 Å². The largest absolute Gasteiger partial charge is 0.480 e. The molecule has 1 aliphatic heterocycles. The quantitative estimate of drug-likeness (QED) is 0.865. The Morgan fingerprint density at radius 3 is 2.74 bits per heavy atom. The number of hydroxylamine groups is 2. The third-order valence-electron chi connectivity index (χ3n) is 4.52. The Morgan fingerprint density at radius 1 is 1.22 bits per heavy atom. The molecule has 0 bridgehead atoms. The van der Waals surface area contributed by atoms with Gasteiger partial charge in [0.2, 0.25) is 0 Å². The van der Waals surface area contributed by atoms with Crippen LogP contribution in [0.2, 0.25) is 0 Å². The van der Waals surface area contributed by atoms with Gasteiger partial charge < -0.3 is 9.94 Å². The second-order valence-electron chi connectivity index (χ2n) is 6.12. The van der Waals surface area contributed by atoms with E-state index in [4.69, 9.17) is 4.84 Å². The second-order valence-corrected chi connectivity index (χ2v) is 6.12. The van der Waals surface area contributed by atoms with Gasteiger partial charge in [-0.05, 0) is 31.2 Å². The Labute approximate surface area is 135 Å². The molecule has 0 unspecified atom stereocenters. The van der Waals surface area contributed by atoms with E-state index in [9.17, 15) is 14.7 Å². The topological polar surface area (TPSA) is 66.8 Å². The maximum absolute atomic E-state index is 12.2. The molecule has 0 saturated heterocycles. The number of hydrogen-bond donors (Lipinski definition) is 1. The maximum atomic E-state index is 12.2. The minimum absolute atomic E-state index is 0.0849. The Hall–Kier alpha value is -2.14. The number of carboxylic acids is 1. The van der Waals surface area contributed by atoms with E-state index in [-0.39, 0.29) is 12.5 Å². The molecule has 0 aromatic heterocycles. The Bertz CT molecular complexity index is 611. The molecule has 1 N–H and O–H groups in total. The fraction of sp³-hybridized carbons (Fsp3) is 0.444. The van der Waals surface area contributed by atoms with E-state index in [1.165, 1.54) is 10.6 Å². The number of aliphatic carboxylic acids is 1.